The highest BCUT2D eigenvalue weighted by atomic mass is 19.1. The minimum atomic E-state index is -1.43. The van der Waals surface area contributed by atoms with E-state index in [1.807, 2.05) is 6.92 Å². The first-order valence-corrected chi connectivity index (χ1v) is 10.4. The van der Waals surface area contributed by atoms with Crippen LogP contribution in [0, 0.1) is 11.7 Å². The number of aromatic carboxylic acids is 1. The molecule has 178 valence electrons. The Hall–Kier alpha value is -3.73. The van der Waals surface area contributed by atoms with Gasteiger partial charge in [0.05, 0.1) is 12.2 Å². The summed E-state index contributed by atoms with van der Waals surface area (Å²) >= 11 is 0. The van der Waals surface area contributed by atoms with Crippen molar-refractivity contribution in [2.24, 2.45) is 5.92 Å². The summed E-state index contributed by atoms with van der Waals surface area (Å²) in [5.41, 5.74) is 1.26. The zero-order valence-corrected chi connectivity index (χ0v) is 18.0. The molecule has 0 saturated heterocycles. The van der Waals surface area contributed by atoms with Crippen LogP contribution >= 0.6 is 0 Å². The highest BCUT2D eigenvalue weighted by Crippen LogP contribution is 2.24. The highest BCUT2D eigenvalue weighted by Gasteiger charge is 2.22. The molecule has 2 rings (SSSR count). The van der Waals surface area contributed by atoms with Crippen LogP contribution in [0.3, 0.4) is 0 Å². The fraction of sp³-hybridized carbons (Fsp3) is 0.364. The summed E-state index contributed by atoms with van der Waals surface area (Å²) in [6.45, 7) is 1.78. The quantitative estimate of drug-likeness (QED) is 0.140. The van der Waals surface area contributed by atoms with Gasteiger partial charge in [0.15, 0.2) is 5.76 Å². The first kappa shape index (κ1) is 25.5. The van der Waals surface area contributed by atoms with Gasteiger partial charge in [-0.05, 0) is 36.8 Å². The van der Waals surface area contributed by atoms with E-state index in [0.717, 1.165) is 31.4 Å². The molecule has 3 amide bonds. The van der Waals surface area contributed by atoms with Crippen LogP contribution in [0.15, 0.2) is 34.7 Å². The van der Waals surface area contributed by atoms with Crippen molar-refractivity contribution in [2.45, 2.75) is 39.0 Å². The maximum atomic E-state index is 13.6. The van der Waals surface area contributed by atoms with E-state index < -0.39 is 41.0 Å². The highest BCUT2D eigenvalue weighted by molar-refractivity contribution is 5.93. The molecular weight excluding hydrogens is 437 g/mol. The molecule has 11 heteroatoms. The second-order valence-corrected chi connectivity index (χ2v) is 7.32. The summed E-state index contributed by atoms with van der Waals surface area (Å²) in [5, 5.41) is 22.7. The number of unbranched alkanes of at least 4 members (excludes halogenated alkanes) is 2. The second-order valence-electron chi connectivity index (χ2n) is 7.32. The SMILES string of the molecule is CCCCC[C@H](CC(=O)NO)C(=O)NCNC(=O)c1ccc(-c2ccc(F)c(C(=O)O)c2)o1. The summed E-state index contributed by atoms with van der Waals surface area (Å²) in [6.07, 6.45) is 2.85. The van der Waals surface area contributed by atoms with Crippen LogP contribution in [-0.2, 0) is 9.59 Å². The molecule has 0 radical (unpaired) electrons. The fourth-order valence-corrected chi connectivity index (χ4v) is 3.14. The lowest BCUT2D eigenvalue weighted by Gasteiger charge is -2.16. The van der Waals surface area contributed by atoms with Crippen LogP contribution < -0.4 is 16.1 Å². The third-order valence-corrected chi connectivity index (χ3v) is 4.91. The Balaban J connectivity index is 1.94. The van der Waals surface area contributed by atoms with E-state index in [1.165, 1.54) is 23.7 Å². The molecule has 0 aliphatic carbocycles. The monoisotopic (exact) mass is 463 g/mol. The molecule has 0 unspecified atom stereocenters. The Morgan fingerprint density at radius 1 is 1.09 bits per heavy atom. The summed E-state index contributed by atoms with van der Waals surface area (Å²) in [4.78, 5) is 47.2. The van der Waals surface area contributed by atoms with Gasteiger partial charge in [0.2, 0.25) is 11.8 Å². The van der Waals surface area contributed by atoms with Crippen molar-refractivity contribution in [1.29, 1.82) is 0 Å². The molecule has 2 aromatic rings. The molecule has 10 nitrogen and oxygen atoms in total. The molecule has 1 atom stereocenters. The van der Waals surface area contributed by atoms with E-state index in [-0.39, 0.29) is 30.2 Å². The fourth-order valence-electron chi connectivity index (χ4n) is 3.14. The lowest BCUT2D eigenvalue weighted by atomic mass is 9.96. The van der Waals surface area contributed by atoms with Gasteiger partial charge in [0, 0.05) is 17.9 Å². The molecule has 1 aromatic heterocycles. The lowest BCUT2D eigenvalue weighted by Crippen LogP contribution is -2.41. The van der Waals surface area contributed by atoms with Crippen LogP contribution in [0.25, 0.3) is 11.3 Å². The minimum Gasteiger partial charge on any atom is -0.478 e. The number of nitrogens with one attached hydrogen (secondary N) is 3. The standard InChI is InChI=1S/C22H26FN3O7/c1-2-3-4-5-14(11-19(27)26-32)20(28)24-12-25-21(29)18-9-8-17(33-18)13-6-7-16(23)15(10-13)22(30)31/h6-10,14,32H,2-5,11-12H2,1H3,(H,24,28)(H,25,29)(H,26,27)(H,30,31)/t14-/m1/s1. The van der Waals surface area contributed by atoms with E-state index in [2.05, 4.69) is 10.6 Å². The Morgan fingerprint density at radius 2 is 1.85 bits per heavy atom. The number of carbonyl (C=O) groups is 4. The zero-order valence-electron chi connectivity index (χ0n) is 18.0. The van der Waals surface area contributed by atoms with Gasteiger partial charge >= 0.3 is 5.97 Å². The van der Waals surface area contributed by atoms with Gasteiger partial charge in [-0.2, -0.15) is 0 Å². The van der Waals surface area contributed by atoms with Crippen molar-refractivity contribution >= 4 is 23.7 Å². The predicted octanol–water partition coefficient (Wildman–Crippen LogP) is 2.68. The largest absolute Gasteiger partial charge is 0.478 e. The average molecular weight is 463 g/mol. The molecule has 0 saturated carbocycles. The number of carboxylic acids is 1. The summed E-state index contributed by atoms with van der Waals surface area (Å²) < 4.78 is 19.0. The number of halogens is 1. The maximum Gasteiger partial charge on any atom is 0.338 e. The van der Waals surface area contributed by atoms with E-state index >= 15 is 0 Å². The number of amides is 3. The number of carbonyl (C=O) groups excluding carboxylic acids is 3. The molecule has 1 aromatic carbocycles. The molecule has 0 aliphatic rings. The molecule has 33 heavy (non-hydrogen) atoms. The van der Waals surface area contributed by atoms with Gasteiger partial charge in [-0.3, -0.25) is 19.6 Å². The maximum absolute atomic E-state index is 13.6. The number of hydrogen-bond donors (Lipinski definition) is 5. The smallest absolute Gasteiger partial charge is 0.338 e. The van der Waals surface area contributed by atoms with Gasteiger partial charge in [-0.25, -0.2) is 14.7 Å². The molecule has 1 heterocycles. The van der Waals surface area contributed by atoms with Crippen molar-refractivity contribution < 1.29 is 38.3 Å². The average Bonchev–Trinajstić information content (AvgIpc) is 3.28. The summed E-state index contributed by atoms with van der Waals surface area (Å²) in [5.74, 6) is -4.67. The normalized spacial score (nSPS) is 11.5. The number of hydrogen-bond acceptors (Lipinski definition) is 6. The first-order chi connectivity index (χ1) is 15.8. The van der Waals surface area contributed by atoms with E-state index in [0.29, 0.717) is 6.42 Å². The number of benzene rings is 1. The summed E-state index contributed by atoms with van der Waals surface area (Å²) in [6, 6.07) is 6.20. The predicted molar refractivity (Wildman–Crippen MR) is 114 cm³/mol. The topological polar surface area (TPSA) is 158 Å². The van der Waals surface area contributed by atoms with Crippen LogP contribution in [0.2, 0.25) is 0 Å². The van der Waals surface area contributed by atoms with E-state index in [1.54, 1.807) is 0 Å². The molecule has 0 aliphatic heterocycles. The van der Waals surface area contributed by atoms with E-state index in [4.69, 9.17) is 14.7 Å². The van der Waals surface area contributed by atoms with Crippen LogP contribution in [0.4, 0.5) is 4.39 Å². The van der Waals surface area contributed by atoms with Crippen molar-refractivity contribution in [3.8, 4) is 11.3 Å². The molecular formula is C22H26FN3O7. The minimum absolute atomic E-state index is 0.0976. The third kappa shape index (κ3) is 7.42. The van der Waals surface area contributed by atoms with Crippen molar-refractivity contribution in [2.75, 3.05) is 6.67 Å². The zero-order chi connectivity index (χ0) is 24.4. The second kappa shape index (κ2) is 12.3. The Kier molecular flexibility index (Phi) is 9.55. The van der Waals surface area contributed by atoms with Gasteiger partial charge in [-0.1, -0.05) is 26.2 Å². The summed E-state index contributed by atoms with van der Waals surface area (Å²) in [7, 11) is 0. The number of carboxylic acid groups (broad SMARTS) is 1. The van der Waals surface area contributed by atoms with Crippen molar-refractivity contribution in [1.82, 2.24) is 16.1 Å². The van der Waals surface area contributed by atoms with E-state index in [9.17, 15) is 23.6 Å². The number of rotatable bonds is 12. The van der Waals surface area contributed by atoms with Crippen LogP contribution in [-0.4, -0.2) is 40.7 Å². The van der Waals surface area contributed by atoms with Gasteiger partial charge in [0.1, 0.15) is 11.6 Å². The number of furan rings is 1. The molecule has 0 bridgehead atoms. The van der Waals surface area contributed by atoms with Crippen molar-refractivity contribution in [3.63, 3.8) is 0 Å². The Labute approximate surface area is 189 Å². The van der Waals surface area contributed by atoms with Gasteiger partial charge < -0.3 is 20.2 Å². The van der Waals surface area contributed by atoms with Crippen molar-refractivity contribution in [3.05, 3.63) is 47.5 Å². The Bertz CT molecular complexity index is 1010. The van der Waals surface area contributed by atoms with Crippen LogP contribution in [0.1, 0.15) is 59.9 Å². The third-order valence-electron chi connectivity index (χ3n) is 4.91. The number of hydroxylamine groups is 1. The van der Waals surface area contributed by atoms with Gasteiger partial charge in [0.25, 0.3) is 5.91 Å². The first-order valence-electron chi connectivity index (χ1n) is 10.4. The lowest BCUT2D eigenvalue weighted by molar-refractivity contribution is -0.135. The molecule has 0 fully saturated rings. The Morgan fingerprint density at radius 3 is 2.52 bits per heavy atom. The van der Waals surface area contributed by atoms with Gasteiger partial charge in [-0.15, -0.1) is 0 Å². The molecule has 5 N–H and O–H groups in total. The van der Waals surface area contributed by atoms with Crippen LogP contribution in [0.5, 0.6) is 0 Å². The molecule has 0 spiro atoms.